The highest BCUT2D eigenvalue weighted by Gasteiger charge is 2.30. The Morgan fingerprint density at radius 3 is 2.33 bits per heavy atom. The van der Waals surface area contributed by atoms with E-state index < -0.39 is 11.7 Å². The van der Waals surface area contributed by atoms with Crippen LogP contribution >= 0.6 is 0 Å². The third-order valence-corrected chi connectivity index (χ3v) is 3.65. The van der Waals surface area contributed by atoms with E-state index in [0.29, 0.717) is 12.2 Å². The van der Waals surface area contributed by atoms with Crippen LogP contribution in [0.4, 0.5) is 13.2 Å². The summed E-state index contributed by atoms with van der Waals surface area (Å²) < 4.78 is 49.4. The molecule has 6 heteroatoms. The number of halogens is 3. The molecule has 0 bridgehead atoms. The maximum Gasteiger partial charge on any atom is 0.416 e. The average molecular weight is 339 g/mol. The standard InChI is InChI=1S/C18H20F3NO2/c1-3-5-16(17(23-2)13-6-4-11-22-12-13)24-15-9-7-14(8-10-15)18(19,20)21/h4,6-12,16-17H,3,5H2,1-2H3. The lowest BCUT2D eigenvalue weighted by molar-refractivity contribution is -0.137. The number of aromatic nitrogens is 1. The number of alkyl halides is 3. The molecule has 0 aliphatic carbocycles. The van der Waals surface area contributed by atoms with Gasteiger partial charge in [-0.25, -0.2) is 0 Å². The third kappa shape index (κ3) is 4.71. The second kappa shape index (κ2) is 8.15. The van der Waals surface area contributed by atoms with Crippen LogP contribution in [0.5, 0.6) is 5.75 Å². The Balaban J connectivity index is 2.18. The van der Waals surface area contributed by atoms with Crippen LogP contribution in [0.1, 0.15) is 37.0 Å². The van der Waals surface area contributed by atoms with E-state index >= 15 is 0 Å². The Hall–Kier alpha value is -2.08. The molecule has 130 valence electrons. The van der Waals surface area contributed by atoms with Crippen molar-refractivity contribution in [2.45, 2.75) is 38.1 Å². The van der Waals surface area contributed by atoms with Gasteiger partial charge in [-0.2, -0.15) is 13.2 Å². The molecule has 0 aliphatic rings. The summed E-state index contributed by atoms with van der Waals surface area (Å²) in [6.45, 7) is 2.01. The van der Waals surface area contributed by atoms with E-state index in [4.69, 9.17) is 9.47 Å². The van der Waals surface area contributed by atoms with Crippen molar-refractivity contribution in [1.82, 2.24) is 4.98 Å². The number of rotatable bonds is 7. The summed E-state index contributed by atoms with van der Waals surface area (Å²) in [4.78, 5) is 4.08. The Labute approximate surface area is 139 Å². The number of nitrogens with zero attached hydrogens (tertiary/aromatic N) is 1. The van der Waals surface area contributed by atoms with Gasteiger partial charge in [0.1, 0.15) is 18.0 Å². The van der Waals surface area contributed by atoms with Crippen LogP contribution in [0, 0.1) is 0 Å². The maximum absolute atomic E-state index is 12.6. The molecular formula is C18H20F3NO2. The van der Waals surface area contributed by atoms with Crippen molar-refractivity contribution in [2.75, 3.05) is 7.11 Å². The first-order valence-electron chi connectivity index (χ1n) is 7.72. The van der Waals surface area contributed by atoms with E-state index in [1.54, 1.807) is 19.5 Å². The normalized spacial score (nSPS) is 14.2. The van der Waals surface area contributed by atoms with E-state index in [-0.39, 0.29) is 12.2 Å². The minimum absolute atomic E-state index is 0.319. The minimum Gasteiger partial charge on any atom is -0.487 e. The number of hydrogen-bond donors (Lipinski definition) is 0. The van der Waals surface area contributed by atoms with Crippen molar-refractivity contribution in [3.05, 3.63) is 59.9 Å². The predicted molar refractivity (Wildman–Crippen MR) is 84.8 cm³/mol. The van der Waals surface area contributed by atoms with Gasteiger partial charge in [-0.15, -0.1) is 0 Å². The number of methoxy groups -OCH3 is 1. The second-order valence-corrected chi connectivity index (χ2v) is 5.41. The fraction of sp³-hybridized carbons (Fsp3) is 0.389. The van der Waals surface area contributed by atoms with Crippen molar-refractivity contribution in [3.63, 3.8) is 0 Å². The highest BCUT2D eigenvalue weighted by molar-refractivity contribution is 5.29. The number of benzene rings is 1. The van der Waals surface area contributed by atoms with Gasteiger partial charge in [0.25, 0.3) is 0 Å². The largest absolute Gasteiger partial charge is 0.487 e. The van der Waals surface area contributed by atoms with Gasteiger partial charge >= 0.3 is 6.18 Å². The summed E-state index contributed by atoms with van der Waals surface area (Å²) in [6, 6.07) is 8.40. The zero-order valence-corrected chi connectivity index (χ0v) is 13.6. The highest BCUT2D eigenvalue weighted by atomic mass is 19.4. The van der Waals surface area contributed by atoms with Crippen LogP contribution in [-0.2, 0) is 10.9 Å². The monoisotopic (exact) mass is 339 g/mol. The van der Waals surface area contributed by atoms with Crippen molar-refractivity contribution < 1.29 is 22.6 Å². The first-order valence-corrected chi connectivity index (χ1v) is 7.72. The Morgan fingerprint density at radius 1 is 1.12 bits per heavy atom. The molecule has 24 heavy (non-hydrogen) atoms. The fourth-order valence-electron chi connectivity index (χ4n) is 2.50. The molecule has 0 saturated carbocycles. The molecule has 1 aromatic heterocycles. The maximum atomic E-state index is 12.6. The molecule has 2 atom stereocenters. The quantitative estimate of drug-likeness (QED) is 0.708. The lowest BCUT2D eigenvalue weighted by Crippen LogP contribution is -2.27. The first-order chi connectivity index (χ1) is 11.5. The zero-order chi connectivity index (χ0) is 17.6. The number of hydrogen-bond acceptors (Lipinski definition) is 3. The topological polar surface area (TPSA) is 31.4 Å². The SMILES string of the molecule is CCCC(Oc1ccc(C(F)(F)F)cc1)C(OC)c1cccnc1. The molecule has 2 aromatic rings. The fourth-order valence-corrected chi connectivity index (χ4v) is 2.50. The molecule has 0 amide bonds. The van der Waals surface area contributed by atoms with E-state index in [0.717, 1.165) is 24.1 Å². The molecule has 0 radical (unpaired) electrons. The summed E-state index contributed by atoms with van der Waals surface area (Å²) in [7, 11) is 1.58. The van der Waals surface area contributed by atoms with E-state index in [9.17, 15) is 13.2 Å². The van der Waals surface area contributed by atoms with Crippen LogP contribution in [-0.4, -0.2) is 18.2 Å². The summed E-state index contributed by atoms with van der Waals surface area (Å²) >= 11 is 0. The van der Waals surface area contributed by atoms with Gasteiger partial charge in [-0.1, -0.05) is 19.4 Å². The van der Waals surface area contributed by atoms with Crippen molar-refractivity contribution in [2.24, 2.45) is 0 Å². The van der Waals surface area contributed by atoms with Crippen molar-refractivity contribution in [3.8, 4) is 5.75 Å². The molecule has 0 aliphatic heterocycles. The summed E-state index contributed by atoms with van der Waals surface area (Å²) in [5.74, 6) is 0.382. The average Bonchev–Trinajstić information content (AvgIpc) is 2.56. The Kier molecular flexibility index (Phi) is 6.20. The highest BCUT2D eigenvalue weighted by Crippen LogP contribution is 2.32. The predicted octanol–water partition coefficient (Wildman–Crippen LogP) is 5.04. The number of ether oxygens (including phenoxy) is 2. The van der Waals surface area contributed by atoms with Crippen molar-refractivity contribution >= 4 is 0 Å². The van der Waals surface area contributed by atoms with Gasteiger partial charge in [-0.05, 0) is 36.8 Å². The molecule has 0 saturated heterocycles. The van der Waals surface area contributed by atoms with Gasteiger partial charge in [0.2, 0.25) is 0 Å². The van der Waals surface area contributed by atoms with Crippen molar-refractivity contribution in [1.29, 1.82) is 0 Å². The van der Waals surface area contributed by atoms with Crippen LogP contribution in [0.2, 0.25) is 0 Å². The first kappa shape index (κ1) is 18.3. The third-order valence-electron chi connectivity index (χ3n) is 3.65. The molecule has 0 spiro atoms. The Morgan fingerprint density at radius 2 is 1.83 bits per heavy atom. The minimum atomic E-state index is -4.36. The molecule has 0 N–H and O–H groups in total. The Bertz CT molecular complexity index is 614. The van der Waals surface area contributed by atoms with Gasteiger partial charge in [-0.3, -0.25) is 4.98 Å². The van der Waals surface area contributed by atoms with Gasteiger partial charge < -0.3 is 9.47 Å². The van der Waals surface area contributed by atoms with Gasteiger partial charge in [0, 0.05) is 25.1 Å². The molecule has 1 heterocycles. The lowest BCUT2D eigenvalue weighted by atomic mass is 10.0. The molecule has 2 unspecified atom stereocenters. The zero-order valence-electron chi connectivity index (χ0n) is 13.6. The summed E-state index contributed by atoms with van der Waals surface area (Å²) in [5.41, 5.74) is 0.169. The summed E-state index contributed by atoms with van der Waals surface area (Å²) in [6.07, 6.45) is -0.0948. The smallest absolute Gasteiger partial charge is 0.416 e. The van der Waals surface area contributed by atoms with Crippen LogP contribution in [0.15, 0.2) is 48.8 Å². The second-order valence-electron chi connectivity index (χ2n) is 5.41. The van der Waals surface area contributed by atoms with E-state index in [1.165, 1.54) is 12.1 Å². The van der Waals surface area contributed by atoms with Gasteiger partial charge in [0.05, 0.1) is 5.56 Å². The van der Waals surface area contributed by atoms with Gasteiger partial charge in [0.15, 0.2) is 0 Å². The molecule has 2 rings (SSSR count). The lowest BCUT2D eigenvalue weighted by Gasteiger charge is -2.27. The number of pyridine rings is 1. The molecular weight excluding hydrogens is 319 g/mol. The molecule has 1 aromatic carbocycles. The van der Waals surface area contributed by atoms with Crippen LogP contribution in [0.25, 0.3) is 0 Å². The van der Waals surface area contributed by atoms with Crippen LogP contribution < -0.4 is 4.74 Å². The van der Waals surface area contributed by atoms with E-state index in [2.05, 4.69) is 4.98 Å². The van der Waals surface area contributed by atoms with E-state index in [1.807, 2.05) is 19.1 Å². The summed E-state index contributed by atoms with van der Waals surface area (Å²) in [5, 5.41) is 0. The van der Waals surface area contributed by atoms with Crippen LogP contribution in [0.3, 0.4) is 0 Å². The molecule has 0 fully saturated rings. The molecule has 3 nitrogen and oxygen atoms in total.